The highest BCUT2D eigenvalue weighted by Gasteiger charge is 2.19. The Balaban J connectivity index is 0.000000243. The lowest BCUT2D eigenvalue weighted by Crippen LogP contribution is -2.19. The van der Waals surface area contributed by atoms with Gasteiger partial charge in [-0.3, -0.25) is 9.59 Å². The third-order valence-electron chi connectivity index (χ3n) is 3.29. The van der Waals surface area contributed by atoms with Gasteiger partial charge in [-0.1, -0.05) is 6.08 Å². The molecule has 0 spiro atoms. The predicted octanol–water partition coefficient (Wildman–Crippen LogP) is 2.66. The molecule has 6 heteroatoms. The first kappa shape index (κ1) is 19.4. The van der Waals surface area contributed by atoms with Gasteiger partial charge in [-0.2, -0.15) is 0 Å². The van der Waals surface area contributed by atoms with E-state index in [0.717, 1.165) is 17.6 Å². The van der Waals surface area contributed by atoms with E-state index in [4.69, 9.17) is 19.3 Å². The maximum Gasteiger partial charge on any atom is 0.161 e. The standard InChI is InChI=1S/C10H14O3.C8H8O3/c1-3-13-9-5-4-8(7-11)6-10(9)12-2;1-11-8-4-6(5-9)2-3-7(8)10/h4-5,7,10H,3,6H2,1-2H3;2-5,10H,1H3. The van der Waals surface area contributed by atoms with Gasteiger partial charge < -0.3 is 19.3 Å². The van der Waals surface area contributed by atoms with Gasteiger partial charge in [-0.05, 0) is 36.8 Å². The molecular weight excluding hydrogens is 312 g/mol. The molecule has 6 nitrogen and oxygen atoms in total. The number of phenols is 1. The monoisotopic (exact) mass is 334 g/mol. The van der Waals surface area contributed by atoms with Crippen LogP contribution >= 0.6 is 0 Å². The molecule has 0 aromatic heterocycles. The Bertz CT molecular complexity index is 618. The zero-order chi connectivity index (χ0) is 17.9. The molecule has 0 saturated heterocycles. The normalized spacial score (nSPS) is 16.0. The first-order valence-electron chi connectivity index (χ1n) is 7.43. The molecule has 130 valence electrons. The third kappa shape index (κ3) is 5.55. The van der Waals surface area contributed by atoms with Crippen LogP contribution in [0.4, 0.5) is 0 Å². The Kier molecular flexibility index (Phi) is 8.29. The lowest BCUT2D eigenvalue weighted by Gasteiger charge is -2.21. The van der Waals surface area contributed by atoms with Crippen LogP contribution in [0.3, 0.4) is 0 Å². The summed E-state index contributed by atoms with van der Waals surface area (Å²) in [5.74, 6) is 1.16. The molecule has 2 rings (SSSR count). The molecule has 1 unspecified atom stereocenters. The van der Waals surface area contributed by atoms with E-state index in [0.29, 0.717) is 30.6 Å². The summed E-state index contributed by atoms with van der Waals surface area (Å²) >= 11 is 0. The van der Waals surface area contributed by atoms with Gasteiger partial charge >= 0.3 is 0 Å². The van der Waals surface area contributed by atoms with Crippen molar-refractivity contribution in [3.8, 4) is 11.5 Å². The number of hydrogen-bond acceptors (Lipinski definition) is 6. The highest BCUT2D eigenvalue weighted by Crippen LogP contribution is 2.25. The minimum Gasteiger partial charge on any atom is -0.504 e. The molecule has 1 aromatic rings. The zero-order valence-corrected chi connectivity index (χ0v) is 14.0. The van der Waals surface area contributed by atoms with E-state index in [2.05, 4.69) is 0 Å². The summed E-state index contributed by atoms with van der Waals surface area (Å²) in [7, 11) is 3.05. The number of rotatable bonds is 6. The Labute approximate surface area is 141 Å². The van der Waals surface area contributed by atoms with Gasteiger partial charge in [-0.15, -0.1) is 0 Å². The van der Waals surface area contributed by atoms with Gasteiger partial charge in [-0.25, -0.2) is 0 Å². The number of hydrogen-bond donors (Lipinski definition) is 1. The van der Waals surface area contributed by atoms with Crippen LogP contribution in [0, 0.1) is 0 Å². The number of ether oxygens (including phenoxy) is 3. The molecule has 0 amide bonds. The largest absolute Gasteiger partial charge is 0.504 e. The third-order valence-corrected chi connectivity index (χ3v) is 3.29. The van der Waals surface area contributed by atoms with E-state index in [1.54, 1.807) is 19.3 Å². The fourth-order valence-electron chi connectivity index (χ4n) is 2.04. The quantitative estimate of drug-likeness (QED) is 0.806. The highest BCUT2D eigenvalue weighted by atomic mass is 16.5. The summed E-state index contributed by atoms with van der Waals surface area (Å²) in [6.45, 7) is 2.54. The van der Waals surface area contributed by atoms with Gasteiger partial charge in [0.1, 0.15) is 24.4 Å². The molecular formula is C18H22O6. The van der Waals surface area contributed by atoms with Gasteiger partial charge in [0, 0.05) is 19.1 Å². The number of phenolic OH excluding ortho intramolecular Hbond substituents is 1. The van der Waals surface area contributed by atoms with Crippen molar-refractivity contribution in [1.82, 2.24) is 0 Å². The molecule has 1 aliphatic rings. The maximum absolute atomic E-state index is 10.5. The molecule has 1 atom stereocenters. The number of aldehydes is 2. The second kappa shape index (κ2) is 10.2. The van der Waals surface area contributed by atoms with Gasteiger partial charge in [0.25, 0.3) is 0 Å². The lowest BCUT2D eigenvalue weighted by atomic mass is 10.0. The minimum atomic E-state index is -0.106. The molecule has 1 N–H and O–H groups in total. The predicted molar refractivity (Wildman–Crippen MR) is 89.3 cm³/mol. The second-order valence-corrected chi connectivity index (χ2v) is 4.84. The first-order valence-corrected chi connectivity index (χ1v) is 7.43. The van der Waals surface area contributed by atoms with Crippen LogP contribution in [0.2, 0.25) is 0 Å². The zero-order valence-electron chi connectivity index (χ0n) is 14.0. The average molecular weight is 334 g/mol. The summed E-state index contributed by atoms with van der Waals surface area (Å²) in [5.41, 5.74) is 1.23. The van der Waals surface area contributed by atoms with Crippen molar-refractivity contribution < 1.29 is 28.9 Å². The molecule has 0 bridgehead atoms. The molecule has 0 radical (unpaired) electrons. The Morgan fingerprint density at radius 3 is 2.50 bits per heavy atom. The van der Waals surface area contributed by atoms with E-state index in [9.17, 15) is 9.59 Å². The van der Waals surface area contributed by atoms with E-state index in [-0.39, 0.29) is 11.9 Å². The number of allylic oxidation sites excluding steroid dienone is 2. The Morgan fingerprint density at radius 2 is 1.96 bits per heavy atom. The van der Waals surface area contributed by atoms with E-state index >= 15 is 0 Å². The van der Waals surface area contributed by atoms with E-state index < -0.39 is 0 Å². The van der Waals surface area contributed by atoms with Crippen LogP contribution in [0.25, 0.3) is 0 Å². The summed E-state index contributed by atoms with van der Waals surface area (Å²) < 4.78 is 15.3. The molecule has 0 aliphatic heterocycles. The highest BCUT2D eigenvalue weighted by molar-refractivity contribution is 5.76. The fourth-order valence-corrected chi connectivity index (χ4v) is 2.04. The summed E-state index contributed by atoms with van der Waals surface area (Å²) in [6.07, 6.45) is 5.61. The Morgan fingerprint density at radius 1 is 1.21 bits per heavy atom. The number of benzene rings is 1. The van der Waals surface area contributed by atoms with E-state index in [1.807, 2.05) is 6.92 Å². The van der Waals surface area contributed by atoms with Crippen LogP contribution in [-0.2, 0) is 14.3 Å². The van der Waals surface area contributed by atoms with Crippen molar-refractivity contribution in [2.75, 3.05) is 20.8 Å². The van der Waals surface area contributed by atoms with Gasteiger partial charge in [0.15, 0.2) is 11.5 Å². The molecule has 1 aromatic carbocycles. The molecule has 24 heavy (non-hydrogen) atoms. The minimum absolute atomic E-state index is 0.0399. The summed E-state index contributed by atoms with van der Waals surface area (Å²) in [5, 5.41) is 9.09. The van der Waals surface area contributed by atoms with E-state index in [1.165, 1.54) is 25.3 Å². The summed E-state index contributed by atoms with van der Waals surface area (Å²) in [4.78, 5) is 20.7. The van der Waals surface area contributed by atoms with Crippen LogP contribution in [0.5, 0.6) is 11.5 Å². The Hall–Kier alpha value is -2.60. The number of methoxy groups -OCH3 is 2. The maximum atomic E-state index is 10.5. The van der Waals surface area contributed by atoms with Crippen LogP contribution in [-0.4, -0.2) is 44.6 Å². The smallest absolute Gasteiger partial charge is 0.161 e. The van der Waals surface area contributed by atoms with Crippen molar-refractivity contribution in [2.24, 2.45) is 0 Å². The van der Waals surface area contributed by atoms with Gasteiger partial charge in [0.2, 0.25) is 0 Å². The first-order chi connectivity index (χ1) is 11.6. The molecule has 0 heterocycles. The second-order valence-electron chi connectivity index (χ2n) is 4.84. The number of aromatic hydroxyl groups is 1. The van der Waals surface area contributed by atoms with Crippen molar-refractivity contribution in [2.45, 2.75) is 19.4 Å². The number of carbonyl (C=O) groups is 2. The van der Waals surface area contributed by atoms with Crippen molar-refractivity contribution >= 4 is 12.6 Å². The van der Waals surface area contributed by atoms with Crippen LogP contribution < -0.4 is 4.74 Å². The molecule has 0 fully saturated rings. The van der Waals surface area contributed by atoms with Gasteiger partial charge in [0.05, 0.1) is 13.7 Å². The van der Waals surface area contributed by atoms with Crippen molar-refractivity contribution in [1.29, 1.82) is 0 Å². The SMILES string of the molecule is CCOC1=CC=C(C=O)CC1OC.COc1cc(C=O)ccc1O. The van der Waals surface area contributed by atoms with Crippen molar-refractivity contribution in [3.05, 3.63) is 47.2 Å². The molecule has 0 saturated carbocycles. The molecule has 1 aliphatic carbocycles. The summed E-state index contributed by atoms with van der Waals surface area (Å²) in [6, 6.07) is 4.41. The fraction of sp³-hybridized carbons (Fsp3) is 0.333. The number of carbonyl (C=O) groups excluding carboxylic acids is 2. The van der Waals surface area contributed by atoms with Crippen LogP contribution in [0.1, 0.15) is 23.7 Å². The lowest BCUT2D eigenvalue weighted by molar-refractivity contribution is -0.105. The van der Waals surface area contributed by atoms with Crippen LogP contribution in [0.15, 0.2) is 41.7 Å². The topological polar surface area (TPSA) is 82.1 Å². The van der Waals surface area contributed by atoms with Crippen molar-refractivity contribution in [3.63, 3.8) is 0 Å². The average Bonchev–Trinajstić information content (AvgIpc) is 2.63.